The average Bonchev–Trinajstić information content (AvgIpc) is 2.34. The zero-order valence-corrected chi connectivity index (χ0v) is 15.2. The third-order valence-electron chi connectivity index (χ3n) is 3.46. The highest BCUT2D eigenvalue weighted by molar-refractivity contribution is 7.87. The Balaban J connectivity index is 2.87. The number of amides is 1. The number of carbonyl (C=O) groups is 1. The van der Waals surface area contributed by atoms with E-state index < -0.39 is 16.3 Å². The Labute approximate surface area is 134 Å². The fourth-order valence-electron chi connectivity index (χ4n) is 2.56. The third-order valence-corrected chi connectivity index (χ3v) is 5.02. The minimum absolute atomic E-state index is 0.159. The van der Waals surface area contributed by atoms with Crippen LogP contribution in [0.25, 0.3) is 0 Å². The molecule has 1 fully saturated rings. The Morgan fingerprint density at radius 1 is 1.27 bits per heavy atom. The summed E-state index contributed by atoms with van der Waals surface area (Å²) in [7, 11) is -0.461. The molecule has 22 heavy (non-hydrogen) atoms. The van der Waals surface area contributed by atoms with Crippen molar-refractivity contribution in [2.24, 2.45) is 5.92 Å². The van der Waals surface area contributed by atoms with Crippen molar-refractivity contribution in [3.05, 3.63) is 0 Å². The van der Waals surface area contributed by atoms with E-state index in [1.165, 1.54) is 9.21 Å². The molecule has 0 bridgehead atoms. The molecule has 3 atom stereocenters. The molecule has 0 saturated carbocycles. The predicted molar refractivity (Wildman–Crippen MR) is 85.6 cm³/mol. The normalized spacial score (nSPS) is 25.2. The summed E-state index contributed by atoms with van der Waals surface area (Å²) >= 11 is 0. The van der Waals surface area contributed by atoms with Crippen LogP contribution in [-0.4, -0.2) is 69.0 Å². The van der Waals surface area contributed by atoms with Gasteiger partial charge in [0.15, 0.2) is 0 Å². The maximum Gasteiger partial charge on any atom is 0.280 e. The molecule has 1 aliphatic rings. The Bertz CT molecular complexity index is 468. The van der Waals surface area contributed by atoms with Gasteiger partial charge in [0, 0.05) is 27.2 Å². The molecule has 1 rings (SSSR count). The molecule has 1 aliphatic heterocycles. The van der Waals surface area contributed by atoms with Gasteiger partial charge in [-0.15, -0.1) is 0 Å². The second-order valence-corrected chi connectivity index (χ2v) is 8.31. The number of nitrogens with one attached hydrogen (secondary N) is 1. The molecule has 0 aliphatic carbocycles. The number of nitrogens with zero attached hydrogens (tertiary/aromatic N) is 2. The summed E-state index contributed by atoms with van der Waals surface area (Å²) in [6.45, 7) is 8.20. The number of hydrogen-bond donors (Lipinski definition) is 1. The van der Waals surface area contributed by atoms with Gasteiger partial charge in [0.25, 0.3) is 10.2 Å². The minimum atomic E-state index is -3.72. The van der Waals surface area contributed by atoms with Crippen molar-refractivity contribution in [3.63, 3.8) is 0 Å². The van der Waals surface area contributed by atoms with Crippen molar-refractivity contribution >= 4 is 16.1 Å². The van der Waals surface area contributed by atoms with Crippen LogP contribution in [0.1, 0.15) is 34.1 Å². The molecule has 0 radical (unpaired) electrons. The number of likely N-dealkylation sites (N-methyl/N-ethyl adjacent to an activating group) is 1. The van der Waals surface area contributed by atoms with Crippen LogP contribution in [0.15, 0.2) is 0 Å². The van der Waals surface area contributed by atoms with E-state index in [9.17, 15) is 13.2 Å². The van der Waals surface area contributed by atoms with Gasteiger partial charge >= 0.3 is 0 Å². The van der Waals surface area contributed by atoms with Gasteiger partial charge in [0.1, 0.15) is 6.04 Å². The zero-order valence-electron chi connectivity index (χ0n) is 14.4. The van der Waals surface area contributed by atoms with Gasteiger partial charge in [-0.05, 0) is 26.2 Å². The second kappa shape index (κ2) is 7.72. The van der Waals surface area contributed by atoms with Gasteiger partial charge in [-0.25, -0.2) is 0 Å². The summed E-state index contributed by atoms with van der Waals surface area (Å²) in [6, 6.07) is -0.742. The predicted octanol–water partition coefficient (Wildman–Crippen LogP) is 0.433. The van der Waals surface area contributed by atoms with E-state index in [4.69, 9.17) is 4.74 Å². The molecule has 0 spiro atoms. The zero-order chi connectivity index (χ0) is 17.1. The lowest BCUT2D eigenvalue weighted by Gasteiger charge is -2.35. The van der Waals surface area contributed by atoms with Gasteiger partial charge in [0.2, 0.25) is 5.91 Å². The molecular formula is C14H29N3O4S. The lowest BCUT2D eigenvalue weighted by atomic mass is 10.0. The summed E-state index contributed by atoms with van der Waals surface area (Å²) in [4.78, 5) is 13.6. The molecular weight excluding hydrogens is 306 g/mol. The maximum atomic E-state index is 12.6. The Kier molecular flexibility index (Phi) is 6.79. The van der Waals surface area contributed by atoms with Gasteiger partial charge in [-0.3, -0.25) is 4.79 Å². The van der Waals surface area contributed by atoms with Gasteiger partial charge in [-0.1, -0.05) is 13.8 Å². The summed E-state index contributed by atoms with van der Waals surface area (Å²) in [5, 5.41) is 0. The molecule has 3 unspecified atom stereocenters. The molecule has 0 aromatic rings. The first-order valence-electron chi connectivity index (χ1n) is 7.67. The van der Waals surface area contributed by atoms with E-state index in [1.807, 2.05) is 27.7 Å². The number of ether oxygens (including phenoxy) is 1. The summed E-state index contributed by atoms with van der Waals surface area (Å²) in [5.74, 6) is -0.0224. The lowest BCUT2D eigenvalue weighted by molar-refractivity contribution is -0.130. The topological polar surface area (TPSA) is 79.0 Å². The summed E-state index contributed by atoms with van der Waals surface area (Å²) < 4.78 is 34.7. The van der Waals surface area contributed by atoms with E-state index in [2.05, 4.69) is 4.72 Å². The van der Waals surface area contributed by atoms with Crippen LogP contribution in [-0.2, 0) is 19.7 Å². The van der Waals surface area contributed by atoms with Gasteiger partial charge < -0.3 is 9.64 Å². The first-order valence-corrected chi connectivity index (χ1v) is 9.11. The second-order valence-electron chi connectivity index (χ2n) is 6.61. The average molecular weight is 335 g/mol. The number of rotatable bonds is 6. The highest BCUT2D eigenvalue weighted by Crippen LogP contribution is 2.15. The molecule has 1 saturated heterocycles. The van der Waals surface area contributed by atoms with Crippen LogP contribution in [0.2, 0.25) is 0 Å². The minimum Gasteiger partial charge on any atom is -0.373 e. The number of carbonyl (C=O) groups excluding carboxylic acids is 1. The van der Waals surface area contributed by atoms with Gasteiger partial charge in [-0.2, -0.15) is 17.4 Å². The smallest absolute Gasteiger partial charge is 0.280 e. The fraction of sp³-hybridized carbons (Fsp3) is 0.929. The molecule has 8 heteroatoms. The van der Waals surface area contributed by atoms with E-state index in [-0.39, 0.29) is 24.0 Å². The van der Waals surface area contributed by atoms with Crippen molar-refractivity contribution < 1.29 is 17.9 Å². The SMILES string of the molecule is CC(C)CC(NS(=O)(=O)N1CC(C)OC(C)C1)C(=O)N(C)C. The Morgan fingerprint density at radius 3 is 2.18 bits per heavy atom. The van der Waals surface area contributed by atoms with Crippen LogP contribution < -0.4 is 4.72 Å². The van der Waals surface area contributed by atoms with E-state index in [0.29, 0.717) is 19.5 Å². The molecule has 0 aromatic heterocycles. The van der Waals surface area contributed by atoms with Crippen LogP contribution >= 0.6 is 0 Å². The number of morpholine rings is 1. The summed E-state index contributed by atoms with van der Waals surface area (Å²) in [6.07, 6.45) is 0.146. The van der Waals surface area contributed by atoms with E-state index >= 15 is 0 Å². The van der Waals surface area contributed by atoms with Crippen LogP contribution in [0.4, 0.5) is 0 Å². The number of hydrogen-bond acceptors (Lipinski definition) is 4. The standard InChI is InChI=1S/C14H29N3O4S/c1-10(2)7-13(14(18)16(5)6)15-22(19,20)17-8-11(3)21-12(4)9-17/h10-13,15H,7-9H2,1-6H3. The molecule has 7 nitrogen and oxygen atoms in total. The molecule has 0 aromatic carbocycles. The van der Waals surface area contributed by atoms with Crippen molar-refractivity contribution in [1.29, 1.82) is 0 Å². The lowest BCUT2D eigenvalue weighted by Crippen LogP contribution is -2.56. The highest BCUT2D eigenvalue weighted by Gasteiger charge is 2.34. The van der Waals surface area contributed by atoms with Crippen molar-refractivity contribution in [1.82, 2.24) is 13.9 Å². The quantitative estimate of drug-likeness (QED) is 0.764. The molecule has 130 valence electrons. The first-order chi connectivity index (χ1) is 10.0. The van der Waals surface area contributed by atoms with E-state index in [0.717, 1.165) is 0 Å². The van der Waals surface area contributed by atoms with Crippen LogP contribution in [0, 0.1) is 5.92 Å². The fourth-order valence-corrected chi connectivity index (χ4v) is 4.08. The van der Waals surface area contributed by atoms with Crippen molar-refractivity contribution in [2.75, 3.05) is 27.2 Å². The molecule has 1 N–H and O–H groups in total. The highest BCUT2D eigenvalue weighted by atomic mass is 32.2. The maximum absolute atomic E-state index is 12.6. The van der Waals surface area contributed by atoms with Crippen molar-refractivity contribution in [3.8, 4) is 0 Å². The van der Waals surface area contributed by atoms with Crippen LogP contribution in [0.3, 0.4) is 0 Å². The molecule has 1 heterocycles. The monoisotopic (exact) mass is 335 g/mol. The summed E-state index contributed by atoms with van der Waals surface area (Å²) in [5.41, 5.74) is 0. The Hall–Kier alpha value is -0.700. The largest absolute Gasteiger partial charge is 0.373 e. The van der Waals surface area contributed by atoms with Crippen LogP contribution in [0.5, 0.6) is 0 Å². The Morgan fingerprint density at radius 2 is 1.77 bits per heavy atom. The van der Waals surface area contributed by atoms with Gasteiger partial charge in [0.05, 0.1) is 12.2 Å². The third kappa shape index (κ3) is 5.49. The van der Waals surface area contributed by atoms with E-state index in [1.54, 1.807) is 14.1 Å². The molecule has 1 amide bonds. The first kappa shape index (κ1) is 19.3. The van der Waals surface area contributed by atoms with Crippen molar-refractivity contribution in [2.45, 2.75) is 52.4 Å².